The minimum absolute atomic E-state index is 0.0885. The number of ether oxygens (including phenoxy) is 1. The van der Waals surface area contributed by atoms with Gasteiger partial charge in [0.25, 0.3) is 5.91 Å². The molecule has 0 aliphatic heterocycles. The lowest BCUT2D eigenvalue weighted by atomic mass is 10.2. The molecule has 0 aliphatic rings. The highest BCUT2D eigenvalue weighted by Crippen LogP contribution is 2.32. The molecule has 0 saturated heterocycles. The number of benzene rings is 2. The zero-order valence-corrected chi connectivity index (χ0v) is 21.2. The summed E-state index contributed by atoms with van der Waals surface area (Å²) in [4.78, 5) is 12.8. The second kappa shape index (κ2) is 10.3. The minimum atomic E-state index is -0.401. The van der Waals surface area contributed by atoms with Crippen LogP contribution < -0.4 is 10.1 Å². The first kappa shape index (κ1) is 24.5. The van der Waals surface area contributed by atoms with E-state index in [-0.39, 0.29) is 12.4 Å². The van der Waals surface area contributed by atoms with Crippen molar-refractivity contribution in [1.82, 2.24) is 9.78 Å². The molecule has 0 bridgehead atoms. The van der Waals surface area contributed by atoms with Crippen molar-refractivity contribution in [2.24, 2.45) is 0 Å². The molecule has 4 rings (SSSR count). The summed E-state index contributed by atoms with van der Waals surface area (Å²) in [5.41, 5.74) is 2.92. The summed E-state index contributed by atoms with van der Waals surface area (Å²) in [6.45, 7) is 4.21. The second-order valence-corrected chi connectivity index (χ2v) is 9.13. The highest BCUT2D eigenvalue weighted by atomic mass is 35.5. The zero-order valence-electron chi connectivity index (χ0n) is 18.2. The summed E-state index contributed by atoms with van der Waals surface area (Å²) in [6, 6.07) is 13.7. The summed E-state index contributed by atoms with van der Waals surface area (Å²) >= 11 is 24.4. The summed E-state index contributed by atoms with van der Waals surface area (Å²) in [5.74, 6) is 0.629. The molecule has 10 heteroatoms. The molecular formula is C24H19Cl4N3O3. The van der Waals surface area contributed by atoms with Gasteiger partial charge in [0.1, 0.15) is 23.1 Å². The van der Waals surface area contributed by atoms with Crippen LogP contribution in [-0.2, 0) is 13.2 Å². The van der Waals surface area contributed by atoms with Crippen LogP contribution in [-0.4, -0.2) is 15.7 Å². The lowest BCUT2D eigenvalue weighted by Crippen LogP contribution is -2.12. The molecular weight excluding hydrogens is 520 g/mol. The van der Waals surface area contributed by atoms with Gasteiger partial charge in [-0.15, -0.1) is 0 Å². The van der Waals surface area contributed by atoms with Gasteiger partial charge in [-0.3, -0.25) is 9.48 Å². The lowest BCUT2D eigenvalue weighted by molar-refractivity contribution is 0.0992. The van der Waals surface area contributed by atoms with E-state index in [9.17, 15) is 4.79 Å². The largest absolute Gasteiger partial charge is 0.484 e. The van der Waals surface area contributed by atoms with Gasteiger partial charge in [-0.2, -0.15) is 5.10 Å². The fraction of sp³-hybridized carbons (Fsp3) is 0.167. The van der Waals surface area contributed by atoms with Gasteiger partial charge in [0.15, 0.2) is 5.76 Å². The summed E-state index contributed by atoms with van der Waals surface area (Å²) in [5, 5.41) is 9.24. The number of aryl methyl sites for hydroxylation is 1. The molecule has 0 aliphatic carbocycles. The topological polar surface area (TPSA) is 69.3 Å². The van der Waals surface area contributed by atoms with Crippen LogP contribution >= 0.6 is 46.4 Å². The molecule has 0 radical (unpaired) electrons. The van der Waals surface area contributed by atoms with Crippen molar-refractivity contribution in [2.75, 3.05) is 5.32 Å². The number of carbonyl (C=O) groups is 1. The molecule has 2 aromatic carbocycles. The smallest absolute Gasteiger partial charge is 0.291 e. The maximum atomic E-state index is 12.8. The summed E-state index contributed by atoms with van der Waals surface area (Å²) in [6.07, 6.45) is 0. The molecule has 6 nitrogen and oxygen atoms in total. The molecule has 1 amide bonds. The van der Waals surface area contributed by atoms with Crippen LogP contribution in [0.25, 0.3) is 0 Å². The molecule has 0 saturated carbocycles. The maximum Gasteiger partial charge on any atom is 0.291 e. The van der Waals surface area contributed by atoms with Crippen molar-refractivity contribution in [3.63, 3.8) is 0 Å². The Morgan fingerprint density at radius 3 is 2.62 bits per heavy atom. The second-order valence-electron chi connectivity index (χ2n) is 7.50. The van der Waals surface area contributed by atoms with Gasteiger partial charge < -0.3 is 14.5 Å². The standard InChI is InChI=1S/C24H19Cl4N3O3/c1-13-23(14(2)31(30-13)11-15-6-7-16(25)10-19(15)27)29-24(32)21-9-8-17(34-21)12-33-20-5-3-4-18(26)22(20)28/h3-10H,11-12H2,1-2H3,(H,29,32). The molecule has 176 valence electrons. The Bertz CT molecular complexity index is 1360. The van der Waals surface area contributed by atoms with Gasteiger partial charge >= 0.3 is 0 Å². The molecule has 0 atom stereocenters. The van der Waals surface area contributed by atoms with E-state index in [1.54, 1.807) is 47.1 Å². The van der Waals surface area contributed by atoms with E-state index >= 15 is 0 Å². The van der Waals surface area contributed by atoms with Crippen LogP contribution in [0.3, 0.4) is 0 Å². The van der Waals surface area contributed by atoms with Crippen molar-refractivity contribution >= 4 is 58.0 Å². The average Bonchev–Trinajstić information content (AvgIpc) is 3.37. The van der Waals surface area contributed by atoms with Crippen molar-refractivity contribution in [2.45, 2.75) is 27.0 Å². The number of hydrogen-bond acceptors (Lipinski definition) is 4. The molecule has 34 heavy (non-hydrogen) atoms. The van der Waals surface area contributed by atoms with Crippen LogP contribution in [0.15, 0.2) is 52.9 Å². The van der Waals surface area contributed by atoms with Crippen molar-refractivity contribution in [3.05, 3.63) is 97.1 Å². The fourth-order valence-corrected chi connectivity index (χ4v) is 4.15. The molecule has 1 N–H and O–H groups in total. The maximum absolute atomic E-state index is 12.8. The molecule has 0 fully saturated rings. The number of nitrogens with one attached hydrogen (secondary N) is 1. The Kier molecular flexibility index (Phi) is 7.43. The molecule has 4 aromatic rings. The van der Waals surface area contributed by atoms with Crippen molar-refractivity contribution in [1.29, 1.82) is 0 Å². The van der Waals surface area contributed by atoms with E-state index in [1.807, 2.05) is 19.9 Å². The third kappa shape index (κ3) is 5.36. The van der Waals surface area contributed by atoms with Gasteiger partial charge in [-0.1, -0.05) is 58.5 Å². The number of carbonyl (C=O) groups excluding carboxylic acids is 1. The monoisotopic (exact) mass is 537 g/mol. The minimum Gasteiger partial charge on any atom is -0.484 e. The third-order valence-corrected chi connectivity index (χ3v) is 6.52. The Hall–Kier alpha value is -2.64. The number of aromatic nitrogens is 2. The van der Waals surface area contributed by atoms with Gasteiger partial charge in [-0.05, 0) is 55.8 Å². The van der Waals surface area contributed by atoms with E-state index in [0.29, 0.717) is 49.5 Å². The number of anilines is 1. The highest BCUT2D eigenvalue weighted by molar-refractivity contribution is 6.42. The Morgan fingerprint density at radius 2 is 1.85 bits per heavy atom. The Labute approximate surface area is 216 Å². The van der Waals surface area contributed by atoms with E-state index in [4.69, 9.17) is 55.6 Å². The molecule has 0 spiro atoms. The number of hydrogen-bond donors (Lipinski definition) is 1. The summed E-state index contributed by atoms with van der Waals surface area (Å²) in [7, 11) is 0. The SMILES string of the molecule is Cc1nn(Cc2ccc(Cl)cc2Cl)c(C)c1NC(=O)c1ccc(COc2cccc(Cl)c2Cl)o1. The van der Waals surface area contributed by atoms with Crippen LogP contribution in [0.4, 0.5) is 5.69 Å². The van der Waals surface area contributed by atoms with Crippen molar-refractivity contribution in [3.8, 4) is 5.75 Å². The molecule has 0 unspecified atom stereocenters. The van der Waals surface area contributed by atoms with E-state index in [0.717, 1.165) is 11.3 Å². The number of amides is 1. The van der Waals surface area contributed by atoms with Crippen LogP contribution in [0, 0.1) is 13.8 Å². The fourth-order valence-electron chi connectivity index (χ4n) is 3.34. The third-order valence-electron chi connectivity index (χ3n) is 5.13. The number of halogens is 4. The van der Waals surface area contributed by atoms with Crippen molar-refractivity contribution < 1.29 is 13.9 Å². The normalized spacial score (nSPS) is 11.0. The van der Waals surface area contributed by atoms with E-state index in [1.165, 1.54) is 0 Å². The van der Waals surface area contributed by atoms with E-state index < -0.39 is 5.91 Å². The van der Waals surface area contributed by atoms with Gasteiger partial charge in [0, 0.05) is 10.0 Å². The van der Waals surface area contributed by atoms with E-state index in [2.05, 4.69) is 10.4 Å². The first-order valence-corrected chi connectivity index (χ1v) is 11.7. The van der Waals surface area contributed by atoms with Gasteiger partial charge in [-0.25, -0.2) is 0 Å². The zero-order chi connectivity index (χ0) is 24.4. The van der Waals surface area contributed by atoms with Crippen LogP contribution in [0.2, 0.25) is 20.1 Å². The lowest BCUT2D eigenvalue weighted by Gasteiger charge is -2.08. The first-order valence-electron chi connectivity index (χ1n) is 10.2. The highest BCUT2D eigenvalue weighted by Gasteiger charge is 2.19. The number of rotatable bonds is 7. The predicted molar refractivity (Wildman–Crippen MR) is 135 cm³/mol. The predicted octanol–water partition coefficient (Wildman–Crippen LogP) is 7.59. The molecule has 2 heterocycles. The average molecular weight is 539 g/mol. The Balaban J connectivity index is 1.44. The summed E-state index contributed by atoms with van der Waals surface area (Å²) < 4.78 is 13.1. The van der Waals surface area contributed by atoms with Crippen LogP contribution in [0.1, 0.15) is 33.3 Å². The van der Waals surface area contributed by atoms with Gasteiger partial charge in [0.2, 0.25) is 0 Å². The van der Waals surface area contributed by atoms with Gasteiger partial charge in [0.05, 0.1) is 28.6 Å². The number of furan rings is 1. The molecule has 2 aromatic heterocycles. The Morgan fingerprint density at radius 1 is 1.06 bits per heavy atom. The number of nitrogens with zero attached hydrogens (tertiary/aromatic N) is 2. The van der Waals surface area contributed by atoms with Crippen LogP contribution in [0.5, 0.6) is 5.75 Å². The first-order chi connectivity index (χ1) is 16.2. The quantitative estimate of drug-likeness (QED) is 0.263.